The van der Waals surface area contributed by atoms with E-state index in [1.807, 2.05) is 0 Å². The maximum atomic E-state index is 5.63. The van der Waals surface area contributed by atoms with E-state index in [4.69, 9.17) is 5.73 Å². The lowest BCUT2D eigenvalue weighted by Crippen LogP contribution is -2.38. The molecule has 0 aromatic heterocycles. The van der Waals surface area contributed by atoms with Crippen LogP contribution in [-0.2, 0) is 0 Å². The fraction of sp³-hybridized carbons (Fsp3) is 0.364. The first-order valence-electron chi connectivity index (χ1n) is 4.89. The molecule has 1 aromatic carbocycles. The summed E-state index contributed by atoms with van der Waals surface area (Å²) in [5.41, 5.74) is 8.20. The van der Waals surface area contributed by atoms with Gasteiger partial charge in [-0.25, -0.2) is 0 Å². The van der Waals surface area contributed by atoms with Gasteiger partial charge in [-0.15, -0.1) is 0 Å². The van der Waals surface area contributed by atoms with Crippen LogP contribution in [0.5, 0.6) is 0 Å². The second kappa shape index (κ2) is 3.70. The Kier molecular flexibility index (Phi) is 2.39. The lowest BCUT2D eigenvalue weighted by atomic mass is 10.0. The van der Waals surface area contributed by atoms with Gasteiger partial charge in [-0.05, 0) is 18.9 Å². The molecule has 2 rings (SSSR count). The molecule has 1 aliphatic heterocycles. The molecule has 0 amide bonds. The molecule has 1 aromatic rings. The van der Waals surface area contributed by atoms with E-state index in [-0.39, 0.29) is 0 Å². The second-order valence-electron chi connectivity index (χ2n) is 3.66. The number of nitrogens with zero attached hydrogens (tertiary/aromatic N) is 1. The van der Waals surface area contributed by atoms with Gasteiger partial charge in [-0.3, -0.25) is 4.99 Å². The van der Waals surface area contributed by atoms with Crippen molar-refractivity contribution in [3.8, 4) is 0 Å². The average molecular weight is 189 g/mol. The molecule has 0 saturated carbocycles. The van der Waals surface area contributed by atoms with Gasteiger partial charge in [0.25, 0.3) is 0 Å². The van der Waals surface area contributed by atoms with Gasteiger partial charge in [0.2, 0.25) is 0 Å². The van der Waals surface area contributed by atoms with Gasteiger partial charge in [-0.1, -0.05) is 29.8 Å². The van der Waals surface area contributed by atoms with Crippen molar-refractivity contribution in [2.45, 2.75) is 19.4 Å². The highest BCUT2D eigenvalue weighted by Crippen LogP contribution is 2.19. The molecule has 0 radical (unpaired) electrons. The van der Waals surface area contributed by atoms with Crippen molar-refractivity contribution in [2.75, 3.05) is 6.54 Å². The Hall–Kier alpha value is -1.51. The van der Waals surface area contributed by atoms with Gasteiger partial charge >= 0.3 is 0 Å². The van der Waals surface area contributed by atoms with Crippen LogP contribution in [0.2, 0.25) is 0 Å². The molecule has 1 aliphatic rings. The number of nitrogens with one attached hydrogen (secondary N) is 1. The van der Waals surface area contributed by atoms with E-state index in [0.29, 0.717) is 12.0 Å². The Morgan fingerprint density at radius 3 is 2.71 bits per heavy atom. The highest BCUT2D eigenvalue weighted by molar-refractivity contribution is 5.78. The Morgan fingerprint density at radius 2 is 2.07 bits per heavy atom. The maximum Gasteiger partial charge on any atom is 0.189 e. The smallest absolute Gasteiger partial charge is 0.189 e. The fourth-order valence-corrected chi connectivity index (χ4v) is 1.66. The van der Waals surface area contributed by atoms with Crippen LogP contribution in [0, 0.1) is 6.92 Å². The van der Waals surface area contributed by atoms with E-state index in [9.17, 15) is 0 Å². The molecule has 14 heavy (non-hydrogen) atoms. The summed E-state index contributed by atoms with van der Waals surface area (Å²) in [5, 5.41) is 3.18. The highest BCUT2D eigenvalue weighted by Gasteiger charge is 2.14. The number of rotatable bonds is 1. The van der Waals surface area contributed by atoms with Crippen molar-refractivity contribution in [1.29, 1.82) is 0 Å². The summed E-state index contributed by atoms with van der Waals surface area (Å²) in [6.45, 7) is 2.91. The molecule has 0 saturated heterocycles. The van der Waals surface area contributed by atoms with Crippen molar-refractivity contribution in [2.24, 2.45) is 10.7 Å². The lowest BCUT2D eigenvalue weighted by molar-refractivity contribution is 0.568. The summed E-state index contributed by atoms with van der Waals surface area (Å²) in [6.07, 6.45) is 1.02. The quantitative estimate of drug-likeness (QED) is 0.700. The predicted octanol–water partition coefficient (Wildman–Crippen LogP) is 1.34. The van der Waals surface area contributed by atoms with Crippen molar-refractivity contribution >= 4 is 5.96 Å². The molecule has 0 fully saturated rings. The van der Waals surface area contributed by atoms with Gasteiger partial charge in [0, 0.05) is 6.54 Å². The van der Waals surface area contributed by atoms with E-state index in [0.717, 1.165) is 13.0 Å². The normalized spacial score (nSPS) is 21.2. The zero-order valence-corrected chi connectivity index (χ0v) is 8.33. The summed E-state index contributed by atoms with van der Waals surface area (Å²) >= 11 is 0. The molecule has 3 N–H and O–H groups in total. The number of guanidine groups is 1. The Labute approximate surface area is 84.0 Å². The van der Waals surface area contributed by atoms with Crippen molar-refractivity contribution in [3.63, 3.8) is 0 Å². The zero-order valence-electron chi connectivity index (χ0n) is 8.33. The third-order valence-electron chi connectivity index (χ3n) is 2.50. The SMILES string of the molecule is Cc1ccc(C2CCN=C(N)N2)cc1. The van der Waals surface area contributed by atoms with Crippen LogP contribution >= 0.6 is 0 Å². The van der Waals surface area contributed by atoms with E-state index in [1.165, 1.54) is 11.1 Å². The molecule has 0 bridgehead atoms. The minimum Gasteiger partial charge on any atom is -0.370 e. The number of aryl methyl sites for hydroxylation is 1. The molecule has 1 atom stereocenters. The van der Waals surface area contributed by atoms with Gasteiger partial charge in [-0.2, -0.15) is 0 Å². The molecule has 0 spiro atoms. The van der Waals surface area contributed by atoms with Gasteiger partial charge in [0.05, 0.1) is 6.04 Å². The van der Waals surface area contributed by atoms with Crippen LogP contribution < -0.4 is 11.1 Å². The summed E-state index contributed by atoms with van der Waals surface area (Å²) in [5.74, 6) is 0.557. The highest BCUT2D eigenvalue weighted by atomic mass is 15.1. The first kappa shape index (κ1) is 9.06. The molecular formula is C11H15N3. The molecule has 3 nitrogen and oxygen atoms in total. The number of benzene rings is 1. The number of hydrogen-bond donors (Lipinski definition) is 2. The van der Waals surface area contributed by atoms with Crippen molar-refractivity contribution in [3.05, 3.63) is 35.4 Å². The monoisotopic (exact) mass is 189 g/mol. The second-order valence-corrected chi connectivity index (χ2v) is 3.66. The van der Waals surface area contributed by atoms with E-state index >= 15 is 0 Å². The standard InChI is InChI=1S/C11H15N3/c1-8-2-4-9(5-3-8)10-6-7-13-11(12)14-10/h2-5,10H,6-7H2,1H3,(H3,12,13,14). The first-order valence-corrected chi connectivity index (χ1v) is 4.89. The predicted molar refractivity (Wildman–Crippen MR) is 58.2 cm³/mol. The third-order valence-corrected chi connectivity index (χ3v) is 2.50. The molecule has 0 aliphatic carbocycles. The van der Waals surface area contributed by atoms with Crippen LogP contribution in [-0.4, -0.2) is 12.5 Å². The average Bonchev–Trinajstić information content (AvgIpc) is 2.19. The topological polar surface area (TPSA) is 50.4 Å². The Morgan fingerprint density at radius 1 is 1.36 bits per heavy atom. The molecule has 1 heterocycles. The minimum absolute atomic E-state index is 0.327. The molecular weight excluding hydrogens is 174 g/mol. The third kappa shape index (κ3) is 1.87. The number of hydrogen-bond acceptors (Lipinski definition) is 3. The fourth-order valence-electron chi connectivity index (χ4n) is 1.66. The Bertz CT molecular complexity index is 340. The summed E-state index contributed by atoms with van der Waals surface area (Å²) in [6, 6.07) is 8.86. The van der Waals surface area contributed by atoms with Gasteiger partial charge in [0.15, 0.2) is 5.96 Å². The maximum absolute atomic E-state index is 5.63. The van der Waals surface area contributed by atoms with Gasteiger partial charge in [0.1, 0.15) is 0 Å². The van der Waals surface area contributed by atoms with Crippen molar-refractivity contribution in [1.82, 2.24) is 5.32 Å². The Balaban J connectivity index is 2.16. The summed E-state index contributed by atoms with van der Waals surface area (Å²) in [7, 11) is 0. The van der Waals surface area contributed by atoms with E-state index in [2.05, 4.69) is 41.5 Å². The zero-order chi connectivity index (χ0) is 9.97. The largest absolute Gasteiger partial charge is 0.370 e. The lowest BCUT2D eigenvalue weighted by Gasteiger charge is -2.22. The van der Waals surface area contributed by atoms with Gasteiger partial charge < -0.3 is 11.1 Å². The van der Waals surface area contributed by atoms with Crippen LogP contribution in [0.3, 0.4) is 0 Å². The van der Waals surface area contributed by atoms with Crippen LogP contribution in [0.25, 0.3) is 0 Å². The molecule has 1 unspecified atom stereocenters. The summed E-state index contributed by atoms with van der Waals surface area (Å²) < 4.78 is 0. The summed E-state index contributed by atoms with van der Waals surface area (Å²) in [4.78, 5) is 4.11. The van der Waals surface area contributed by atoms with E-state index < -0.39 is 0 Å². The minimum atomic E-state index is 0.327. The molecule has 74 valence electrons. The molecule has 3 heteroatoms. The van der Waals surface area contributed by atoms with Crippen LogP contribution in [0.15, 0.2) is 29.3 Å². The first-order chi connectivity index (χ1) is 6.75. The van der Waals surface area contributed by atoms with E-state index in [1.54, 1.807) is 0 Å². The number of nitrogens with two attached hydrogens (primary N) is 1. The van der Waals surface area contributed by atoms with Crippen LogP contribution in [0.1, 0.15) is 23.6 Å². The van der Waals surface area contributed by atoms with Crippen molar-refractivity contribution < 1.29 is 0 Å². The number of aliphatic imine (C=N–C) groups is 1. The van der Waals surface area contributed by atoms with Crippen LogP contribution in [0.4, 0.5) is 0 Å².